The van der Waals surface area contributed by atoms with E-state index >= 15 is 0 Å². The Hall–Kier alpha value is -1.33. The molecule has 0 amide bonds. The molecule has 0 unspecified atom stereocenters. The molecule has 16 heavy (non-hydrogen) atoms. The highest BCUT2D eigenvalue weighted by Crippen LogP contribution is 2.17. The number of hydrogen-bond acceptors (Lipinski definition) is 3. The van der Waals surface area contributed by atoms with Crippen molar-refractivity contribution >= 4 is 15.9 Å². The average Bonchev–Trinajstić information content (AvgIpc) is 2.75. The molecule has 0 bridgehead atoms. The number of benzene rings is 1. The third-order valence-corrected chi connectivity index (χ3v) is 2.48. The third-order valence-electron chi connectivity index (χ3n) is 1.99. The molecule has 0 radical (unpaired) electrons. The maximum atomic E-state index is 8.63. The normalized spacial score (nSPS) is 10.4. The van der Waals surface area contributed by atoms with Gasteiger partial charge in [0.1, 0.15) is 6.61 Å². The molecule has 0 saturated carbocycles. The summed E-state index contributed by atoms with van der Waals surface area (Å²) in [5.74, 6) is 0.647. The predicted octanol–water partition coefficient (Wildman–Crippen LogP) is 2.01. The SMILES string of the molecule is OCCOc1cnn(-c2cccc(Br)c2)c1. The lowest BCUT2D eigenvalue weighted by atomic mass is 10.3. The largest absolute Gasteiger partial charge is 0.488 e. The highest BCUT2D eigenvalue weighted by molar-refractivity contribution is 9.10. The minimum Gasteiger partial charge on any atom is -0.488 e. The van der Waals surface area contributed by atoms with Gasteiger partial charge in [-0.2, -0.15) is 5.10 Å². The van der Waals surface area contributed by atoms with Crippen LogP contribution in [0, 0.1) is 0 Å². The highest BCUT2D eigenvalue weighted by Gasteiger charge is 2.01. The number of halogens is 1. The monoisotopic (exact) mass is 282 g/mol. The van der Waals surface area contributed by atoms with Crippen LogP contribution in [-0.4, -0.2) is 28.1 Å². The number of aliphatic hydroxyl groups is 1. The number of aliphatic hydroxyl groups excluding tert-OH is 1. The molecule has 4 nitrogen and oxygen atoms in total. The van der Waals surface area contributed by atoms with Crippen LogP contribution in [0.1, 0.15) is 0 Å². The van der Waals surface area contributed by atoms with Crippen LogP contribution >= 0.6 is 15.9 Å². The molecule has 0 aliphatic heterocycles. The van der Waals surface area contributed by atoms with E-state index in [0.717, 1.165) is 10.2 Å². The summed E-state index contributed by atoms with van der Waals surface area (Å²) in [7, 11) is 0. The van der Waals surface area contributed by atoms with Crippen LogP contribution in [0.2, 0.25) is 0 Å². The Bertz CT molecular complexity index is 471. The molecule has 0 aliphatic rings. The summed E-state index contributed by atoms with van der Waals surface area (Å²) < 4.78 is 7.96. The maximum Gasteiger partial charge on any atom is 0.157 e. The summed E-state index contributed by atoms with van der Waals surface area (Å²) in [6.07, 6.45) is 3.40. The second-order valence-corrected chi connectivity index (χ2v) is 4.09. The molecule has 5 heteroatoms. The Morgan fingerprint density at radius 3 is 3.06 bits per heavy atom. The minimum absolute atomic E-state index is 0.00205. The molecule has 0 atom stereocenters. The van der Waals surface area contributed by atoms with Gasteiger partial charge in [0, 0.05) is 4.47 Å². The predicted molar refractivity (Wildman–Crippen MR) is 63.8 cm³/mol. The van der Waals surface area contributed by atoms with Gasteiger partial charge in [0.15, 0.2) is 5.75 Å². The smallest absolute Gasteiger partial charge is 0.157 e. The van der Waals surface area contributed by atoms with Crippen molar-refractivity contribution in [3.05, 3.63) is 41.1 Å². The van der Waals surface area contributed by atoms with Crippen LogP contribution in [0.15, 0.2) is 41.1 Å². The van der Waals surface area contributed by atoms with Crippen LogP contribution in [0.25, 0.3) is 5.69 Å². The first kappa shape index (κ1) is 11.2. The van der Waals surface area contributed by atoms with Crippen molar-refractivity contribution in [2.75, 3.05) is 13.2 Å². The molecule has 2 rings (SSSR count). The molecule has 84 valence electrons. The van der Waals surface area contributed by atoms with Gasteiger partial charge in [-0.3, -0.25) is 0 Å². The number of hydrogen-bond donors (Lipinski definition) is 1. The van der Waals surface area contributed by atoms with Crippen LogP contribution < -0.4 is 4.74 Å². The first-order valence-corrected chi connectivity index (χ1v) is 5.63. The quantitative estimate of drug-likeness (QED) is 0.933. The van der Waals surface area contributed by atoms with Crippen molar-refractivity contribution < 1.29 is 9.84 Å². The van der Waals surface area contributed by atoms with E-state index < -0.39 is 0 Å². The van der Waals surface area contributed by atoms with Crippen molar-refractivity contribution in [3.8, 4) is 11.4 Å². The first-order chi connectivity index (χ1) is 7.79. The van der Waals surface area contributed by atoms with E-state index in [1.54, 1.807) is 17.1 Å². The van der Waals surface area contributed by atoms with Crippen LogP contribution in [-0.2, 0) is 0 Å². The van der Waals surface area contributed by atoms with Crippen molar-refractivity contribution in [3.63, 3.8) is 0 Å². The van der Waals surface area contributed by atoms with Gasteiger partial charge in [-0.15, -0.1) is 0 Å². The average molecular weight is 283 g/mol. The fraction of sp³-hybridized carbons (Fsp3) is 0.182. The van der Waals surface area contributed by atoms with E-state index in [-0.39, 0.29) is 13.2 Å². The Balaban J connectivity index is 2.18. The molecule has 1 aromatic heterocycles. The summed E-state index contributed by atoms with van der Waals surface area (Å²) >= 11 is 3.40. The van der Waals surface area contributed by atoms with Gasteiger partial charge in [-0.25, -0.2) is 4.68 Å². The molecule has 0 aliphatic carbocycles. The van der Waals surface area contributed by atoms with E-state index in [9.17, 15) is 0 Å². The van der Waals surface area contributed by atoms with Gasteiger partial charge in [0.05, 0.1) is 24.7 Å². The highest BCUT2D eigenvalue weighted by atomic mass is 79.9. The van der Waals surface area contributed by atoms with Gasteiger partial charge < -0.3 is 9.84 Å². The lowest BCUT2D eigenvalue weighted by molar-refractivity contribution is 0.201. The van der Waals surface area contributed by atoms with E-state index in [4.69, 9.17) is 9.84 Å². The summed E-state index contributed by atoms with van der Waals surface area (Å²) in [6, 6.07) is 7.81. The Morgan fingerprint density at radius 1 is 1.44 bits per heavy atom. The molecule has 0 saturated heterocycles. The lowest BCUT2D eigenvalue weighted by Gasteiger charge is -2.01. The number of aromatic nitrogens is 2. The zero-order valence-electron chi connectivity index (χ0n) is 8.51. The van der Waals surface area contributed by atoms with Gasteiger partial charge >= 0.3 is 0 Å². The zero-order chi connectivity index (χ0) is 11.4. The lowest BCUT2D eigenvalue weighted by Crippen LogP contribution is -2.00. The van der Waals surface area contributed by atoms with Gasteiger partial charge in [0.2, 0.25) is 0 Å². The van der Waals surface area contributed by atoms with Crippen LogP contribution in [0.5, 0.6) is 5.75 Å². The van der Waals surface area contributed by atoms with Crippen molar-refractivity contribution in [1.82, 2.24) is 9.78 Å². The molecule has 1 aromatic carbocycles. The molecule has 2 aromatic rings. The fourth-order valence-corrected chi connectivity index (χ4v) is 1.69. The Labute approximate surface area is 102 Å². The first-order valence-electron chi connectivity index (χ1n) is 4.84. The standard InChI is InChI=1S/C11H11BrN2O2/c12-9-2-1-3-10(6-9)14-8-11(7-13-14)16-5-4-15/h1-3,6-8,15H,4-5H2. The Morgan fingerprint density at radius 2 is 2.31 bits per heavy atom. The van der Waals surface area contributed by atoms with Gasteiger partial charge in [-0.05, 0) is 18.2 Å². The van der Waals surface area contributed by atoms with E-state index in [2.05, 4.69) is 21.0 Å². The van der Waals surface area contributed by atoms with Crippen LogP contribution in [0.3, 0.4) is 0 Å². The summed E-state index contributed by atoms with van der Waals surface area (Å²) in [4.78, 5) is 0. The fourth-order valence-electron chi connectivity index (χ4n) is 1.30. The van der Waals surface area contributed by atoms with Crippen molar-refractivity contribution in [2.24, 2.45) is 0 Å². The molecule has 0 spiro atoms. The zero-order valence-corrected chi connectivity index (χ0v) is 10.1. The number of rotatable bonds is 4. The van der Waals surface area contributed by atoms with Crippen LogP contribution in [0.4, 0.5) is 0 Å². The van der Waals surface area contributed by atoms with Crippen molar-refractivity contribution in [1.29, 1.82) is 0 Å². The van der Waals surface area contributed by atoms with Gasteiger partial charge in [-0.1, -0.05) is 22.0 Å². The van der Waals surface area contributed by atoms with Crippen molar-refractivity contribution in [2.45, 2.75) is 0 Å². The molecular weight excluding hydrogens is 272 g/mol. The molecular formula is C11H11BrN2O2. The van der Waals surface area contributed by atoms with E-state index in [1.165, 1.54) is 0 Å². The summed E-state index contributed by atoms with van der Waals surface area (Å²) in [5, 5.41) is 12.8. The topological polar surface area (TPSA) is 47.3 Å². The van der Waals surface area contributed by atoms with E-state index in [0.29, 0.717) is 5.75 Å². The molecule has 1 N–H and O–H groups in total. The minimum atomic E-state index is 0.00205. The second-order valence-electron chi connectivity index (χ2n) is 3.17. The number of ether oxygens (including phenoxy) is 1. The number of nitrogens with zero attached hydrogens (tertiary/aromatic N) is 2. The molecule has 1 heterocycles. The Kier molecular flexibility index (Phi) is 3.58. The third kappa shape index (κ3) is 2.62. The summed E-state index contributed by atoms with van der Waals surface area (Å²) in [6.45, 7) is 0.284. The molecule has 0 fully saturated rings. The summed E-state index contributed by atoms with van der Waals surface area (Å²) in [5.41, 5.74) is 0.952. The van der Waals surface area contributed by atoms with E-state index in [1.807, 2.05) is 24.3 Å². The maximum absolute atomic E-state index is 8.63. The second kappa shape index (κ2) is 5.14. The van der Waals surface area contributed by atoms with Gasteiger partial charge in [0.25, 0.3) is 0 Å².